The number of methoxy groups -OCH3 is 2. The number of benzene rings is 1. The highest BCUT2D eigenvalue weighted by atomic mass is 16.5. The second kappa shape index (κ2) is 7.49. The van der Waals surface area contributed by atoms with Crippen molar-refractivity contribution in [3.05, 3.63) is 40.3 Å². The Kier molecular flexibility index (Phi) is 5.41. The zero-order valence-electron chi connectivity index (χ0n) is 13.1. The molecule has 0 saturated carbocycles. The number of nitrogens with zero attached hydrogens (tertiary/aromatic N) is 1. The van der Waals surface area contributed by atoms with Crippen LogP contribution in [0.15, 0.2) is 29.1 Å². The first kappa shape index (κ1) is 15.9. The van der Waals surface area contributed by atoms with Crippen LogP contribution in [0, 0.1) is 0 Å². The Morgan fingerprint density at radius 1 is 1.23 bits per heavy atom. The Hall–Kier alpha value is -2.50. The van der Waals surface area contributed by atoms with Gasteiger partial charge in [0.05, 0.1) is 19.9 Å². The highest BCUT2D eigenvalue weighted by Crippen LogP contribution is 2.30. The van der Waals surface area contributed by atoms with Crippen LogP contribution in [0.2, 0.25) is 0 Å². The summed E-state index contributed by atoms with van der Waals surface area (Å²) in [5.74, 6) is 1.72. The summed E-state index contributed by atoms with van der Waals surface area (Å²) in [7, 11) is 3.18. The van der Waals surface area contributed by atoms with Crippen LogP contribution < -0.4 is 20.3 Å². The molecule has 0 fully saturated rings. The molecule has 6 nitrogen and oxygen atoms in total. The Balaban J connectivity index is 2.30. The maximum atomic E-state index is 11.8. The molecule has 0 aliphatic rings. The molecule has 0 bridgehead atoms. The maximum Gasteiger partial charge on any atom is 0.252 e. The fourth-order valence-electron chi connectivity index (χ4n) is 2.09. The van der Waals surface area contributed by atoms with Crippen LogP contribution in [0.3, 0.4) is 0 Å². The number of aromatic amines is 1. The van der Waals surface area contributed by atoms with E-state index < -0.39 is 0 Å². The van der Waals surface area contributed by atoms with Crippen molar-refractivity contribution in [2.24, 2.45) is 0 Å². The number of hydrogen-bond acceptors (Lipinski definition) is 5. The van der Waals surface area contributed by atoms with Gasteiger partial charge in [0.15, 0.2) is 0 Å². The molecule has 1 aromatic carbocycles. The molecule has 0 radical (unpaired) electrons. The molecule has 6 heteroatoms. The van der Waals surface area contributed by atoms with Crippen molar-refractivity contribution in [3.63, 3.8) is 0 Å². The average Bonchev–Trinajstić information content (AvgIpc) is 2.52. The quantitative estimate of drug-likeness (QED) is 0.822. The minimum absolute atomic E-state index is 0.175. The van der Waals surface area contributed by atoms with Crippen LogP contribution in [0.5, 0.6) is 11.5 Å². The fraction of sp³-hybridized carbons (Fsp3) is 0.375. The van der Waals surface area contributed by atoms with Crippen molar-refractivity contribution in [3.8, 4) is 11.5 Å². The van der Waals surface area contributed by atoms with Crippen LogP contribution >= 0.6 is 0 Å². The van der Waals surface area contributed by atoms with Gasteiger partial charge in [-0.05, 0) is 25.0 Å². The van der Waals surface area contributed by atoms with E-state index in [0.29, 0.717) is 23.1 Å². The molecular weight excluding hydrogens is 282 g/mol. The van der Waals surface area contributed by atoms with Gasteiger partial charge in [-0.25, -0.2) is 4.98 Å². The Morgan fingerprint density at radius 2 is 2.05 bits per heavy atom. The van der Waals surface area contributed by atoms with Crippen molar-refractivity contribution in [2.45, 2.75) is 26.2 Å². The Morgan fingerprint density at radius 3 is 2.73 bits per heavy atom. The Labute approximate surface area is 129 Å². The number of ether oxygens (including phenoxy) is 2. The van der Waals surface area contributed by atoms with E-state index in [1.54, 1.807) is 32.4 Å². The highest BCUT2D eigenvalue weighted by molar-refractivity contribution is 5.64. The van der Waals surface area contributed by atoms with Gasteiger partial charge in [-0.3, -0.25) is 9.78 Å². The number of anilines is 2. The summed E-state index contributed by atoms with van der Waals surface area (Å²) in [5.41, 5.74) is 1.28. The summed E-state index contributed by atoms with van der Waals surface area (Å²) in [6.45, 7) is 2.10. The van der Waals surface area contributed by atoms with Gasteiger partial charge in [-0.2, -0.15) is 0 Å². The molecule has 0 atom stereocenters. The number of nitrogens with one attached hydrogen (secondary N) is 2. The van der Waals surface area contributed by atoms with E-state index in [0.717, 1.165) is 25.0 Å². The molecule has 1 aromatic heterocycles. The minimum Gasteiger partial charge on any atom is -0.497 e. The summed E-state index contributed by atoms with van der Waals surface area (Å²) in [4.78, 5) is 18.9. The summed E-state index contributed by atoms with van der Waals surface area (Å²) in [6.07, 6.45) is 2.84. The number of aromatic nitrogens is 2. The zero-order chi connectivity index (χ0) is 15.9. The van der Waals surface area contributed by atoms with Gasteiger partial charge in [0.2, 0.25) is 5.95 Å². The zero-order valence-corrected chi connectivity index (χ0v) is 13.1. The van der Waals surface area contributed by atoms with Gasteiger partial charge >= 0.3 is 0 Å². The molecule has 0 saturated heterocycles. The number of rotatable bonds is 7. The lowest BCUT2D eigenvalue weighted by atomic mass is 10.2. The van der Waals surface area contributed by atoms with E-state index in [2.05, 4.69) is 22.2 Å². The SMILES string of the molecule is CCCCc1cc(=O)[nH]c(Nc2cc(OC)ccc2OC)n1. The van der Waals surface area contributed by atoms with Gasteiger partial charge in [0, 0.05) is 17.8 Å². The first-order valence-corrected chi connectivity index (χ1v) is 7.25. The third-order valence-corrected chi connectivity index (χ3v) is 3.24. The smallest absolute Gasteiger partial charge is 0.252 e. The van der Waals surface area contributed by atoms with Crippen LogP contribution in [0.1, 0.15) is 25.5 Å². The second-order valence-corrected chi connectivity index (χ2v) is 4.88. The third-order valence-electron chi connectivity index (χ3n) is 3.24. The van der Waals surface area contributed by atoms with Crippen molar-refractivity contribution in [1.29, 1.82) is 0 Å². The third kappa shape index (κ3) is 4.00. The summed E-state index contributed by atoms with van der Waals surface area (Å²) in [5, 5.41) is 3.08. The molecule has 0 spiro atoms. The van der Waals surface area contributed by atoms with Gasteiger partial charge in [0.25, 0.3) is 5.56 Å². The summed E-state index contributed by atoms with van der Waals surface area (Å²) < 4.78 is 10.5. The molecule has 2 rings (SSSR count). The van der Waals surface area contributed by atoms with E-state index in [1.807, 2.05) is 0 Å². The molecule has 22 heavy (non-hydrogen) atoms. The maximum absolute atomic E-state index is 11.8. The fourth-order valence-corrected chi connectivity index (χ4v) is 2.09. The first-order valence-electron chi connectivity index (χ1n) is 7.25. The van der Waals surface area contributed by atoms with E-state index in [-0.39, 0.29) is 5.56 Å². The lowest BCUT2D eigenvalue weighted by Gasteiger charge is -2.12. The number of hydrogen-bond donors (Lipinski definition) is 2. The van der Waals surface area contributed by atoms with Crippen LogP contribution in [-0.2, 0) is 6.42 Å². The van der Waals surface area contributed by atoms with E-state index in [1.165, 1.54) is 6.07 Å². The average molecular weight is 303 g/mol. The molecule has 2 N–H and O–H groups in total. The second-order valence-electron chi connectivity index (χ2n) is 4.88. The van der Waals surface area contributed by atoms with Gasteiger partial charge in [-0.15, -0.1) is 0 Å². The molecule has 0 aliphatic heterocycles. The topological polar surface area (TPSA) is 76.2 Å². The minimum atomic E-state index is -0.175. The monoisotopic (exact) mass is 303 g/mol. The molecule has 0 amide bonds. The molecule has 118 valence electrons. The molecule has 0 aliphatic carbocycles. The van der Waals surface area contributed by atoms with Gasteiger partial charge < -0.3 is 14.8 Å². The summed E-state index contributed by atoms with van der Waals surface area (Å²) in [6, 6.07) is 6.92. The normalized spacial score (nSPS) is 10.3. The van der Waals surface area contributed by atoms with Gasteiger partial charge in [0.1, 0.15) is 11.5 Å². The van der Waals surface area contributed by atoms with Crippen molar-refractivity contribution in [1.82, 2.24) is 9.97 Å². The molecule has 2 aromatic rings. The van der Waals surface area contributed by atoms with Crippen LogP contribution in [0.4, 0.5) is 11.6 Å². The predicted molar refractivity (Wildman–Crippen MR) is 86.3 cm³/mol. The molecule has 1 heterocycles. The van der Waals surface area contributed by atoms with E-state index in [4.69, 9.17) is 9.47 Å². The molecular formula is C16H21N3O3. The first-order chi connectivity index (χ1) is 10.7. The van der Waals surface area contributed by atoms with Crippen molar-refractivity contribution >= 4 is 11.6 Å². The van der Waals surface area contributed by atoms with Gasteiger partial charge in [-0.1, -0.05) is 13.3 Å². The van der Waals surface area contributed by atoms with Crippen molar-refractivity contribution in [2.75, 3.05) is 19.5 Å². The highest BCUT2D eigenvalue weighted by Gasteiger charge is 2.08. The van der Waals surface area contributed by atoms with E-state index >= 15 is 0 Å². The van der Waals surface area contributed by atoms with Crippen LogP contribution in [-0.4, -0.2) is 24.2 Å². The number of H-pyrrole nitrogens is 1. The standard InChI is InChI=1S/C16H21N3O3/c1-4-5-6-11-9-15(20)19-16(17-11)18-13-10-12(21-2)7-8-14(13)22-3/h7-10H,4-6H2,1-3H3,(H2,17,18,19,20). The van der Waals surface area contributed by atoms with Crippen molar-refractivity contribution < 1.29 is 9.47 Å². The number of aryl methyl sites for hydroxylation is 1. The number of unbranched alkanes of at least 4 members (excludes halogenated alkanes) is 1. The lowest BCUT2D eigenvalue weighted by Crippen LogP contribution is -2.12. The van der Waals surface area contributed by atoms with E-state index in [9.17, 15) is 4.79 Å². The lowest BCUT2D eigenvalue weighted by molar-refractivity contribution is 0.405. The van der Waals surface area contributed by atoms with Crippen LogP contribution in [0.25, 0.3) is 0 Å². The predicted octanol–water partition coefficient (Wildman–Crippen LogP) is 2.87. The Bertz CT molecular complexity index is 683. The summed E-state index contributed by atoms with van der Waals surface area (Å²) >= 11 is 0. The largest absolute Gasteiger partial charge is 0.497 e. The molecule has 0 unspecified atom stereocenters.